The van der Waals surface area contributed by atoms with E-state index in [-0.39, 0.29) is 18.8 Å². The van der Waals surface area contributed by atoms with Crippen molar-refractivity contribution in [2.75, 3.05) is 26.2 Å². The first-order valence-corrected chi connectivity index (χ1v) is 7.42. The molecule has 2 N–H and O–H groups in total. The highest BCUT2D eigenvalue weighted by molar-refractivity contribution is 5.68. The van der Waals surface area contributed by atoms with Crippen LogP contribution in [0.5, 0.6) is 0 Å². The molecule has 0 radical (unpaired) electrons. The van der Waals surface area contributed by atoms with Crippen LogP contribution in [0.25, 0.3) is 0 Å². The van der Waals surface area contributed by atoms with Crippen molar-refractivity contribution in [1.82, 2.24) is 15.5 Å². The molecule has 2 aliphatic rings. The molecule has 0 aromatic carbocycles. The van der Waals surface area contributed by atoms with Crippen molar-refractivity contribution < 1.29 is 13.9 Å². The van der Waals surface area contributed by atoms with Crippen LogP contribution in [0.1, 0.15) is 40.0 Å². The summed E-state index contributed by atoms with van der Waals surface area (Å²) in [6.07, 6.45) is 1.87. The Morgan fingerprint density at radius 2 is 2.30 bits per heavy atom. The molecule has 2 heterocycles. The summed E-state index contributed by atoms with van der Waals surface area (Å²) in [5.74, 6) is 0. The van der Waals surface area contributed by atoms with Crippen LogP contribution >= 0.6 is 0 Å². The fraction of sp³-hybridized carbons (Fsp3) is 0.929. The van der Waals surface area contributed by atoms with Crippen molar-refractivity contribution in [3.8, 4) is 0 Å². The number of carbonyl (C=O) groups is 1. The number of nitrogens with one attached hydrogen (secondary N) is 2. The van der Waals surface area contributed by atoms with Crippen molar-refractivity contribution in [3.05, 3.63) is 0 Å². The minimum Gasteiger partial charge on any atom is -0.444 e. The Hall–Kier alpha value is -0.880. The standard InChI is InChI=1S/C14H26FN3O2/c1-13(2,3)20-12(19)18-8-4-5-11(18)17-10-14(15)6-7-16-9-14/h11,16-17H,4-10H2,1-3H3. The predicted molar refractivity (Wildman–Crippen MR) is 75.3 cm³/mol. The van der Waals surface area contributed by atoms with Gasteiger partial charge in [0, 0.05) is 19.6 Å². The quantitative estimate of drug-likeness (QED) is 0.828. The lowest BCUT2D eigenvalue weighted by atomic mass is 10.1. The number of amides is 1. The van der Waals surface area contributed by atoms with Gasteiger partial charge >= 0.3 is 6.09 Å². The molecule has 0 aromatic rings. The Morgan fingerprint density at radius 3 is 2.90 bits per heavy atom. The molecule has 2 unspecified atom stereocenters. The van der Waals surface area contributed by atoms with Crippen LogP contribution in [-0.2, 0) is 4.74 Å². The van der Waals surface area contributed by atoms with E-state index < -0.39 is 11.3 Å². The maximum atomic E-state index is 14.3. The highest BCUT2D eigenvalue weighted by atomic mass is 19.1. The van der Waals surface area contributed by atoms with Gasteiger partial charge in [0.15, 0.2) is 0 Å². The van der Waals surface area contributed by atoms with Crippen molar-refractivity contribution in [2.24, 2.45) is 0 Å². The van der Waals surface area contributed by atoms with Crippen LogP contribution in [-0.4, -0.2) is 54.6 Å². The zero-order chi connectivity index (χ0) is 14.8. The Morgan fingerprint density at radius 1 is 1.55 bits per heavy atom. The summed E-state index contributed by atoms with van der Waals surface area (Å²) < 4.78 is 19.7. The molecule has 2 fully saturated rings. The second-order valence-electron chi connectivity index (χ2n) is 6.79. The molecule has 2 aliphatic heterocycles. The third kappa shape index (κ3) is 4.06. The summed E-state index contributed by atoms with van der Waals surface area (Å²) in [5.41, 5.74) is -1.69. The van der Waals surface area contributed by atoms with Gasteiger partial charge in [-0.3, -0.25) is 10.2 Å². The average Bonchev–Trinajstić information content (AvgIpc) is 2.93. The SMILES string of the molecule is CC(C)(C)OC(=O)N1CCCC1NCC1(F)CCNC1. The van der Waals surface area contributed by atoms with E-state index >= 15 is 0 Å². The van der Waals surface area contributed by atoms with Gasteiger partial charge in [0.1, 0.15) is 11.3 Å². The Kier molecular flexibility index (Phi) is 4.54. The number of likely N-dealkylation sites (tertiary alicyclic amines) is 1. The number of halogens is 1. The molecule has 2 atom stereocenters. The fourth-order valence-electron chi connectivity index (χ4n) is 2.68. The summed E-state index contributed by atoms with van der Waals surface area (Å²) in [5, 5.41) is 6.22. The lowest BCUT2D eigenvalue weighted by molar-refractivity contribution is 0.0184. The predicted octanol–water partition coefficient (Wildman–Crippen LogP) is 1.63. The molecule has 1 amide bonds. The van der Waals surface area contributed by atoms with Crippen molar-refractivity contribution in [3.63, 3.8) is 0 Å². The molecular formula is C14H26FN3O2. The normalized spacial score (nSPS) is 30.8. The van der Waals surface area contributed by atoms with Crippen LogP contribution in [0.4, 0.5) is 9.18 Å². The maximum Gasteiger partial charge on any atom is 0.411 e. The van der Waals surface area contributed by atoms with E-state index in [1.165, 1.54) is 0 Å². The van der Waals surface area contributed by atoms with Gasteiger partial charge in [0.25, 0.3) is 0 Å². The number of ether oxygens (including phenoxy) is 1. The first-order chi connectivity index (χ1) is 9.29. The Balaban J connectivity index is 1.85. The molecule has 116 valence electrons. The molecule has 5 nitrogen and oxygen atoms in total. The highest BCUT2D eigenvalue weighted by Crippen LogP contribution is 2.22. The maximum absolute atomic E-state index is 14.3. The van der Waals surface area contributed by atoms with Crippen molar-refractivity contribution >= 4 is 6.09 Å². The van der Waals surface area contributed by atoms with E-state index in [0.29, 0.717) is 19.5 Å². The van der Waals surface area contributed by atoms with Crippen LogP contribution < -0.4 is 10.6 Å². The zero-order valence-electron chi connectivity index (χ0n) is 12.7. The summed E-state index contributed by atoms with van der Waals surface area (Å²) in [7, 11) is 0. The molecule has 0 aromatic heterocycles. The second kappa shape index (κ2) is 5.85. The van der Waals surface area contributed by atoms with Gasteiger partial charge < -0.3 is 10.1 Å². The van der Waals surface area contributed by atoms with Gasteiger partial charge in [0.05, 0.1) is 6.17 Å². The minimum absolute atomic E-state index is 0.113. The van der Waals surface area contributed by atoms with E-state index in [4.69, 9.17) is 4.74 Å². The molecule has 2 saturated heterocycles. The Labute approximate surface area is 120 Å². The molecule has 0 spiro atoms. The van der Waals surface area contributed by atoms with Gasteiger partial charge in [-0.25, -0.2) is 9.18 Å². The van der Waals surface area contributed by atoms with Gasteiger partial charge in [-0.1, -0.05) is 0 Å². The van der Waals surface area contributed by atoms with Gasteiger partial charge in [-0.05, 0) is 46.6 Å². The molecule has 2 rings (SSSR count). The molecule has 0 aliphatic carbocycles. The minimum atomic E-state index is -1.19. The third-order valence-electron chi connectivity index (χ3n) is 3.73. The van der Waals surface area contributed by atoms with E-state index in [9.17, 15) is 9.18 Å². The van der Waals surface area contributed by atoms with Gasteiger partial charge in [0.2, 0.25) is 0 Å². The van der Waals surface area contributed by atoms with Crippen molar-refractivity contribution in [2.45, 2.75) is 57.5 Å². The van der Waals surface area contributed by atoms with E-state index in [1.807, 2.05) is 20.8 Å². The Bertz CT molecular complexity index is 351. The van der Waals surface area contributed by atoms with Crippen LogP contribution in [0, 0.1) is 0 Å². The monoisotopic (exact) mass is 287 g/mol. The first-order valence-electron chi connectivity index (χ1n) is 7.42. The molecule has 0 saturated carbocycles. The summed E-state index contributed by atoms with van der Waals surface area (Å²) in [6, 6.07) is 0. The lowest BCUT2D eigenvalue weighted by Gasteiger charge is -2.30. The summed E-state index contributed by atoms with van der Waals surface area (Å²) in [6.45, 7) is 7.62. The van der Waals surface area contributed by atoms with Crippen LogP contribution in [0.3, 0.4) is 0 Å². The number of alkyl halides is 1. The molecule has 20 heavy (non-hydrogen) atoms. The van der Waals surface area contributed by atoms with Gasteiger partial charge in [-0.15, -0.1) is 0 Å². The van der Waals surface area contributed by atoms with Gasteiger partial charge in [-0.2, -0.15) is 0 Å². The molecular weight excluding hydrogens is 261 g/mol. The van der Waals surface area contributed by atoms with E-state index in [2.05, 4.69) is 10.6 Å². The fourth-order valence-corrected chi connectivity index (χ4v) is 2.68. The zero-order valence-corrected chi connectivity index (χ0v) is 12.7. The topological polar surface area (TPSA) is 53.6 Å². The number of hydrogen-bond acceptors (Lipinski definition) is 4. The summed E-state index contributed by atoms with van der Waals surface area (Å²) >= 11 is 0. The average molecular weight is 287 g/mol. The number of rotatable bonds is 3. The third-order valence-corrected chi connectivity index (χ3v) is 3.73. The van der Waals surface area contributed by atoms with E-state index in [0.717, 1.165) is 19.4 Å². The number of carbonyl (C=O) groups excluding carboxylic acids is 1. The highest BCUT2D eigenvalue weighted by Gasteiger charge is 2.37. The first kappa shape index (κ1) is 15.5. The second-order valence-corrected chi connectivity index (χ2v) is 6.79. The van der Waals surface area contributed by atoms with E-state index in [1.54, 1.807) is 4.90 Å². The largest absolute Gasteiger partial charge is 0.444 e. The lowest BCUT2D eigenvalue weighted by Crippen LogP contribution is -2.50. The number of nitrogens with zero attached hydrogens (tertiary/aromatic N) is 1. The summed E-state index contributed by atoms with van der Waals surface area (Å²) in [4.78, 5) is 13.8. The van der Waals surface area contributed by atoms with Crippen molar-refractivity contribution in [1.29, 1.82) is 0 Å². The van der Waals surface area contributed by atoms with Crippen LogP contribution in [0.2, 0.25) is 0 Å². The van der Waals surface area contributed by atoms with Crippen LogP contribution in [0.15, 0.2) is 0 Å². The smallest absolute Gasteiger partial charge is 0.411 e. The molecule has 6 heteroatoms. The molecule has 0 bridgehead atoms. The number of hydrogen-bond donors (Lipinski definition) is 2.